The van der Waals surface area contributed by atoms with Gasteiger partial charge in [0.05, 0.1) is 6.54 Å². The highest BCUT2D eigenvalue weighted by atomic mass is 19.3. The van der Waals surface area contributed by atoms with E-state index in [2.05, 4.69) is 0 Å². The molecule has 0 spiro atoms. The number of alkyl halides is 2. The summed E-state index contributed by atoms with van der Waals surface area (Å²) >= 11 is 0. The van der Waals surface area contributed by atoms with Gasteiger partial charge in [0.1, 0.15) is 0 Å². The average Bonchev–Trinajstić information content (AvgIpc) is 2.69. The topological polar surface area (TPSA) is 22.0 Å². The molecule has 108 valence electrons. The number of benzene rings is 1. The van der Waals surface area contributed by atoms with Crippen LogP contribution in [0.5, 0.6) is 0 Å². The molecule has 0 radical (unpaired) electrons. The summed E-state index contributed by atoms with van der Waals surface area (Å²) in [6.07, 6.45) is 1.77. The van der Waals surface area contributed by atoms with Gasteiger partial charge in [0.2, 0.25) is 0 Å². The van der Waals surface area contributed by atoms with E-state index in [1.54, 1.807) is 16.8 Å². The van der Waals surface area contributed by atoms with Crippen molar-refractivity contribution in [1.82, 2.24) is 4.57 Å². The SMILES string of the molecule is CC(C)(C)C(=O)Cn1ccc2ccc(C(C)(F)F)cc21. The molecule has 0 bridgehead atoms. The first kappa shape index (κ1) is 14.7. The van der Waals surface area contributed by atoms with Crippen LogP contribution in [0.2, 0.25) is 0 Å². The van der Waals surface area contributed by atoms with E-state index in [0.29, 0.717) is 5.52 Å². The molecule has 0 saturated heterocycles. The lowest BCUT2D eigenvalue weighted by Crippen LogP contribution is -2.24. The molecule has 0 unspecified atom stereocenters. The van der Waals surface area contributed by atoms with Crippen LogP contribution in [0.3, 0.4) is 0 Å². The first-order chi connectivity index (χ1) is 9.09. The summed E-state index contributed by atoms with van der Waals surface area (Å²) in [5.74, 6) is -2.80. The quantitative estimate of drug-likeness (QED) is 0.817. The molecular weight excluding hydrogens is 260 g/mol. The van der Waals surface area contributed by atoms with Crippen LogP contribution in [0.4, 0.5) is 8.78 Å². The van der Waals surface area contributed by atoms with E-state index in [-0.39, 0.29) is 17.9 Å². The van der Waals surface area contributed by atoms with E-state index in [4.69, 9.17) is 0 Å². The zero-order chi connectivity index (χ0) is 15.1. The Morgan fingerprint density at radius 3 is 2.35 bits per heavy atom. The second kappa shape index (κ2) is 4.69. The summed E-state index contributed by atoms with van der Waals surface area (Å²) in [6.45, 7) is 6.64. The number of aromatic nitrogens is 1. The molecule has 2 rings (SSSR count). The molecule has 0 aliphatic heterocycles. The zero-order valence-corrected chi connectivity index (χ0v) is 12.2. The van der Waals surface area contributed by atoms with Gasteiger partial charge in [0, 0.05) is 29.6 Å². The standard InChI is InChI=1S/C16H19F2NO/c1-15(2,3)14(20)10-19-8-7-11-5-6-12(9-13(11)19)16(4,17)18/h5-9H,10H2,1-4H3. The molecule has 0 atom stereocenters. The second-order valence-electron chi connectivity index (χ2n) is 6.28. The fourth-order valence-corrected chi connectivity index (χ4v) is 1.99. The summed E-state index contributed by atoms with van der Waals surface area (Å²) in [5.41, 5.74) is 0.192. The Balaban J connectivity index is 2.43. The lowest BCUT2D eigenvalue weighted by molar-refractivity contribution is -0.126. The molecule has 1 aromatic carbocycles. The first-order valence-electron chi connectivity index (χ1n) is 6.59. The first-order valence-corrected chi connectivity index (χ1v) is 6.59. The molecule has 0 saturated carbocycles. The van der Waals surface area contributed by atoms with E-state index in [0.717, 1.165) is 12.3 Å². The number of carbonyl (C=O) groups excluding carboxylic acids is 1. The number of carbonyl (C=O) groups is 1. The van der Waals surface area contributed by atoms with Gasteiger partial charge in [0.15, 0.2) is 5.78 Å². The van der Waals surface area contributed by atoms with Crippen molar-refractivity contribution in [2.24, 2.45) is 5.41 Å². The molecule has 0 aliphatic rings. The van der Waals surface area contributed by atoms with Crippen LogP contribution in [-0.4, -0.2) is 10.4 Å². The van der Waals surface area contributed by atoms with Gasteiger partial charge in [-0.15, -0.1) is 0 Å². The highest BCUT2D eigenvalue weighted by molar-refractivity contribution is 5.87. The Bertz CT molecular complexity index is 645. The van der Waals surface area contributed by atoms with E-state index in [9.17, 15) is 13.6 Å². The highest BCUT2D eigenvalue weighted by Crippen LogP contribution is 2.30. The zero-order valence-electron chi connectivity index (χ0n) is 12.2. The minimum Gasteiger partial charge on any atom is -0.340 e. The molecule has 1 aromatic heterocycles. The summed E-state index contributed by atoms with van der Waals surface area (Å²) < 4.78 is 28.5. The molecular formula is C16H19F2NO. The predicted molar refractivity (Wildman–Crippen MR) is 76.0 cm³/mol. The number of ketones is 1. The lowest BCUT2D eigenvalue weighted by Gasteiger charge is -2.18. The average molecular weight is 279 g/mol. The maximum atomic E-state index is 13.4. The van der Waals surface area contributed by atoms with Crippen molar-refractivity contribution in [3.63, 3.8) is 0 Å². The molecule has 0 aliphatic carbocycles. The van der Waals surface area contributed by atoms with Crippen molar-refractivity contribution in [2.75, 3.05) is 0 Å². The van der Waals surface area contributed by atoms with Gasteiger partial charge in [-0.25, -0.2) is 8.78 Å². The molecule has 2 nitrogen and oxygen atoms in total. The van der Waals surface area contributed by atoms with E-state index >= 15 is 0 Å². The molecule has 2 aromatic rings. The van der Waals surface area contributed by atoms with Gasteiger partial charge in [0.25, 0.3) is 5.92 Å². The van der Waals surface area contributed by atoms with Crippen LogP contribution in [0.25, 0.3) is 10.9 Å². The van der Waals surface area contributed by atoms with Crippen LogP contribution in [0.1, 0.15) is 33.3 Å². The molecule has 0 amide bonds. The number of nitrogens with zero attached hydrogens (tertiary/aromatic N) is 1. The van der Waals surface area contributed by atoms with Gasteiger partial charge < -0.3 is 4.57 Å². The Hall–Kier alpha value is -1.71. The Labute approximate surface area is 117 Å². The molecule has 0 fully saturated rings. The third-order valence-corrected chi connectivity index (χ3v) is 3.43. The third-order valence-electron chi connectivity index (χ3n) is 3.43. The molecule has 0 N–H and O–H groups in total. The Kier molecular flexibility index (Phi) is 3.44. The monoisotopic (exact) mass is 279 g/mol. The van der Waals surface area contributed by atoms with Crippen molar-refractivity contribution in [3.8, 4) is 0 Å². The number of rotatable bonds is 3. The Morgan fingerprint density at radius 1 is 1.15 bits per heavy atom. The van der Waals surface area contributed by atoms with Gasteiger partial charge in [-0.3, -0.25) is 4.79 Å². The summed E-state index contributed by atoms with van der Waals surface area (Å²) in [4.78, 5) is 12.1. The van der Waals surface area contributed by atoms with Gasteiger partial charge in [-0.1, -0.05) is 32.9 Å². The molecule has 4 heteroatoms. The van der Waals surface area contributed by atoms with E-state index < -0.39 is 11.3 Å². The van der Waals surface area contributed by atoms with Crippen molar-refractivity contribution in [3.05, 3.63) is 36.0 Å². The smallest absolute Gasteiger partial charge is 0.270 e. The predicted octanol–water partition coefficient (Wildman–Crippen LogP) is 4.37. The second-order valence-corrected chi connectivity index (χ2v) is 6.28. The molecule has 1 heterocycles. The number of hydrogen-bond donors (Lipinski definition) is 0. The fourth-order valence-electron chi connectivity index (χ4n) is 1.99. The van der Waals surface area contributed by atoms with Crippen LogP contribution in [0, 0.1) is 5.41 Å². The van der Waals surface area contributed by atoms with E-state index in [1.807, 2.05) is 26.8 Å². The summed E-state index contributed by atoms with van der Waals surface area (Å²) in [7, 11) is 0. The van der Waals surface area contributed by atoms with Crippen LogP contribution in [-0.2, 0) is 17.3 Å². The van der Waals surface area contributed by atoms with Gasteiger partial charge in [-0.2, -0.15) is 0 Å². The van der Waals surface area contributed by atoms with Crippen molar-refractivity contribution < 1.29 is 13.6 Å². The largest absolute Gasteiger partial charge is 0.340 e. The van der Waals surface area contributed by atoms with Gasteiger partial charge in [-0.05, 0) is 17.5 Å². The van der Waals surface area contributed by atoms with Gasteiger partial charge >= 0.3 is 0 Å². The van der Waals surface area contributed by atoms with Crippen LogP contribution < -0.4 is 0 Å². The van der Waals surface area contributed by atoms with Crippen molar-refractivity contribution in [2.45, 2.75) is 40.2 Å². The lowest BCUT2D eigenvalue weighted by atomic mass is 9.91. The molecule has 20 heavy (non-hydrogen) atoms. The van der Waals surface area contributed by atoms with E-state index in [1.165, 1.54) is 12.1 Å². The van der Waals surface area contributed by atoms with Crippen molar-refractivity contribution in [1.29, 1.82) is 0 Å². The highest BCUT2D eigenvalue weighted by Gasteiger charge is 2.25. The Morgan fingerprint density at radius 2 is 1.80 bits per heavy atom. The van der Waals surface area contributed by atoms with Crippen LogP contribution >= 0.6 is 0 Å². The van der Waals surface area contributed by atoms with Crippen LogP contribution in [0.15, 0.2) is 30.5 Å². The minimum atomic E-state index is -2.88. The number of fused-ring (bicyclic) bond motifs is 1. The number of hydrogen-bond acceptors (Lipinski definition) is 1. The minimum absolute atomic E-state index is 0.0341. The summed E-state index contributed by atoms with van der Waals surface area (Å²) in [5, 5.41) is 0.861. The van der Waals surface area contributed by atoms with Crippen molar-refractivity contribution >= 4 is 16.7 Å². The third kappa shape index (κ3) is 2.89. The summed E-state index contributed by atoms with van der Waals surface area (Å²) in [6, 6.07) is 6.40. The number of Topliss-reactive ketones (excluding diaryl/α,β-unsaturated/α-hetero) is 1. The fraction of sp³-hybridized carbons (Fsp3) is 0.438. The maximum absolute atomic E-state index is 13.4. The normalized spacial score (nSPS) is 12.9. The maximum Gasteiger partial charge on any atom is 0.270 e. The number of halogens is 2.